The zero-order chi connectivity index (χ0) is 13.5. The molecule has 0 bridgehead atoms. The van der Waals surface area contributed by atoms with Gasteiger partial charge in [0.2, 0.25) is 0 Å². The van der Waals surface area contributed by atoms with Gasteiger partial charge >= 0.3 is 0 Å². The standard InChI is InChI=1S/C16H28N2/c1-5-15(17)11-14-9-7-8-10-16(14)18(6-2)12-13(3)4/h7-10,13,15H,5-6,11-12,17H2,1-4H3. The lowest BCUT2D eigenvalue weighted by Gasteiger charge is -2.28. The molecule has 1 atom stereocenters. The average Bonchev–Trinajstić information content (AvgIpc) is 2.36. The number of nitrogens with zero attached hydrogens (tertiary/aromatic N) is 1. The van der Waals surface area contributed by atoms with E-state index in [9.17, 15) is 0 Å². The van der Waals surface area contributed by atoms with Crippen molar-refractivity contribution >= 4 is 5.69 Å². The Hall–Kier alpha value is -1.02. The van der Waals surface area contributed by atoms with E-state index in [4.69, 9.17) is 5.73 Å². The van der Waals surface area contributed by atoms with Crippen LogP contribution in [-0.4, -0.2) is 19.1 Å². The Morgan fingerprint density at radius 2 is 1.83 bits per heavy atom. The zero-order valence-corrected chi connectivity index (χ0v) is 12.3. The molecule has 1 aromatic carbocycles. The molecule has 0 spiro atoms. The maximum absolute atomic E-state index is 6.10. The second-order valence-electron chi connectivity index (χ2n) is 5.43. The van der Waals surface area contributed by atoms with Gasteiger partial charge in [-0.15, -0.1) is 0 Å². The van der Waals surface area contributed by atoms with Gasteiger partial charge in [-0.3, -0.25) is 0 Å². The van der Waals surface area contributed by atoms with E-state index in [1.807, 2.05) is 0 Å². The molecule has 2 nitrogen and oxygen atoms in total. The molecular weight excluding hydrogens is 220 g/mol. The van der Waals surface area contributed by atoms with Crippen LogP contribution in [-0.2, 0) is 6.42 Å². The normalized spacial score (nSPS) is 12.8. The molecule has 0 aliphatic rings. The molecular formula is C16H28N2. The molecule has 0 saturated carbocycles. The number of rotatable bonds is 7. The predicted molar refractivity (Wildman–Crippen MR) is 81.1 cm³/mol. The number of anilines is 1. The van der Waals surface area contributed by atoms with Gasteiger partial charge in [-0.25, -0.2) is 0 Å². The summed E-state index contributed by atoms with van der Waals surface area (Å²) in [5, 5.41) is 0. The first-order valence-corrected chi connectivity index (χ1v) is 7.16. The maximum Gasteiger partial charge on any atom is 0.0399 e. The highest BCUT2D eigenvalue weighted by Crippen LogP contribution is 2.22. The van der Waals surface area contributed by atoms with Crippen molar-refractivity contribution in [2.75, 3.05) is 18.0 Å². The third-order valence-electron chi connectivity index (χ3n) is 3.31. The summed E-state index contributed by atoms with van der Waals surface area (Å²) in [6, 6.07) is 8.95. The van der Waals surface area contributed by atoms with Gasteiger partial charge in [0.25, 0.3) is 0 Å². The topological polar surface area (TPSA) is 29.3 Å². The summed E-state index contributed by atoms with van der Waals surface area (Å²) in [5.41, 5.74) is 8.84. The number of hydrogen-bond acceptors (Lipinski definition) is 2. The maximum atomic E-state index is 6.10. The predicted octanol–water partition coefficient (Wildman–Crippen LogP) is 3.45. The van der Waals surface area contributed by atoms with Crippen LogP contribution in [0.25, 0.3) is 0 Å². The SMILES string of the molecule is CCC(N)Cc1ccccc1N(CC)CC(C)C. The first-order valence-electron chi connectivity index (χ1n) is 7.16. The number of benzene rings is 1. The van der Waals surface area contributed by atoms with Crippen molar-refractivity contribution in [1.29, 1.82) is 0 Å². The Kier molecular flexibility index (Phi) is 6.20. The van der Waals surface area contributed by atoms with Crippen molar-refractivity contribution in [2.24, 2.45) is 11.7 Å². The van der Waals surface area contributed by atoms with E-state index < -0.39 is 0 Å². The van der Waals surface area contributed by atoms with Crippen LogP contribution in [0.3, 0.4) is 0 Å². The van der Waals surface area contributed by atoms with Crippen LogP contribution in [0.4, 0.5) is 5.69 Å². The molecule has 0 amide bonds. The van der Waals surface area contributed by atoms with Crippen LogP contribution in [0.5, 0.6) is 0 Å². The van der Waals surface area contributed by atoms with E-state index in [2.05, 4.69) is 56.9 Å². The van der Waals surface area contributed by atoms with Gasteiger partial charge in [0.05, 0.1) is 0 Å². The highest BCUT2D eigenvalue weighted by Gasteiger charge is 2.12. The van der Waals surface area contributed by atoms with Crippen LogP contribution < -0.4 is 10.6 Å². The van der Waals surface area contributed by atoms with Crippen LogP contribution in [0.15, 0.2) is 24.3 Å². The first kappa shape index (κ1) is 15.0. The molecule has 0 radical (unpaired) electrons. The summed E-state index contributed by atoms with van der Waals surface area (Å²) in [7, 11) is 0. The summed E-state index contributed by atoms with van der Waals surface area (Å²) >= 11 is 0. The van der Waals surface area contributed by atoms with Gasteiger partial charge in [0, 0.05) is 24.8 Å². The molecule has 0 heterocycles. The second-order valence-corrected chi connectivity index (χ2v) is 5.43. The van der Waals surface area contributed by atoms with Crippen LogP contribution in [0.1, 0.15) is 39.7 Å². The molecule has 1 unspecified atom stereocenters. The van der Waals surface area contributed by atoms with Crippen LogP contribution in [0.2, 0.25) is 0 Å². The van der Waals surface area contributed by atoms with Gasteiger partial charge in [-0.1, -0.05) is 39.0 Å². The summed E-state index contributed by atoms with van der Waals surface area (Å²) < 4.78 is 0. The minimum absolute atomic E-state index is 0.268. The Labute approximate surface area is 112 Å². The lowest BCUT2D eigenvalue weighted by Crippen LogP contribution is -2.29. The average molecular weight is 248 g/mol. The lowest BCUT2D eigenvalue weighted by atomic mass is 10.0. The Morgan fingerprint density at radius 3 is 2.39 bits per heavy atom. The largest absolute Gasteiger partial charge is 0.371 e. The molecule has 0 aliphatic heterocycles. The summed E-state index contributed by atoms with van der Waals surface area (Å²) in [4.78, 5) is 2.46. The Bertz CT molecular complexity index is 347. The van der Waals surface area contributed by atoms with Gasteiger partial charge in [0.1, 0.15) is 0 Å². The number of para-hydroxylation sites is 1. The summed E-state index contributed by atoms with van der Waals surface area (Å²) in [5.74, 6) is 0.679. The van der Waals surface area contributed by atoms with Gasteiger partial charge in [-0.2, -0.15) is 0 Å². The van der Waals surface area contributed by atoms with Gasteiger partial charge in [0.15, 0.2) is 0 Å². The molecule has 0 saturated heterocycles. The summed E-state index contributed by atoms with van der Waals surface area (Å²) in [6.45, 7) is 11.1. The molecule has 2 N–H and O–H groups in total. The molecule has 0 aromatic heterocycles. The second kappa shape index (κ2) is 7.42. The van der Waals surface area contributed by atoms with Crippen molar-refractivity contribution in [1.82, 2.24) is 0 Å². The fourth-order valence-corrected chi connectivity index (χ4v) is 2.26. The Morgan fingerprint density at radius 1 is 1.17 bits per heavy atom. The fraction of sp³-hybridized carbons (Fsp3) is 0.625. The van der Waals surface area contributed by atoms with Crippen molar-refractivity contribution in [3.63, 3.8) is 0 Å². The van der Waals surface area contributed by atoms with E-state index >= 15 is 0 Å². The third kappa shape index (κ3) is 4.34. The molecule has 1 aromatic rings. The lowest BCUT2D eigenvalue weighted by molar-refractivity contribution is 0.610. The Balaban J connectivity index is 2.91. The highest BCUT2D eigenvalue weighted by molar-refractivity contribution is 5.54. The van der Waals surface area contributed by atoms with Crippen LogP contribution >= 0.6 is 0 Å². The molecule has 18 heavy (non-hydrogen) atoms. The molecule has 102 valence electrons. The molecule has 0 aliphatic carbocycles. The quantitative estimate of drug-likeness (QED) is 0.801. The van der Waals surface area contributed by atoms with E-state index in [1.54, 1.807) is 0 Å². The van der Waals surface area contributed by atoms with E-state index in [-0.39, 0.29) is 6.04 Å². The minimum Gasteiger partial charge on any atom is -0.371 e. The zero-order valence-electron chi connectivity index (χ0n) is 12.3. The molecule has 1 rings (SSSR count). The van der Waals surface area contributed by atoms with Crippen molar-refractivity contribution in [2.45, 2.75) is 46.6 Å². The summed E-state index contributed by atoms with van der Waals surface area (Å²) in [6.07, 6.45) is 2.01. The molecule has 0 fully saturated rings. The van der Waals surface area contributed by atoms with E-state index in [1.165, 1.54) is 11.3 Å². The minimum atomic E-state index is 0.268. The molecule has 2 heteroatoms. The van der Waals surface area contributed by atoms with Crippen molar-refractivity contribution in [3.05, 3.63) is 29.8 Å². The van der Waals surface area contributed by atoms with E-state index in [0.29, 0.717) is 5.92 Å². The first-order chi connectivity index (χ1) is 8.58. The third-order valence-corrected chi connectivity index (χ3v) is 3.31. The van der Waals surface area contributed by atoms with E-state index in [0.717, 1.165) is 25.9 Å². The van der Waals surface area contributed by atoms with Crippen molar-refractivity contribution < 1.29 is 0 Å². The number of hydrogen-bond donors (Lipinski definition) is 1. The van der Waals surface area contributed by atoms with Gasteiger partial charge < -0.3 is 10.6 Å². The van der Waals surface area contributed by atoms with Gasteiger partial charge in [-0.05, 0) is 37.3 Å². The monoisotopic (exact) mass is 248 g/mol. The number of nitrogens with two attached hydrogens (primary N) is 1. The highest BCUT2D eigenvalue weighted by atomic mass is 15.1. The fourth-order valence-electron chi connectivity index (χ4n) is 2.26. The van der Waals surface area contributed by atoms with Crippen LogP contribution in [0, 0.1) is 5.92 Å². The van der Waals surface area contributed by atoms with Crippen molar-refractivity contribution in [3.8, 4) is 0 Å². The smallest absolute Gasteiger partial charge is 0.0399 e.